The Morgan fingerprint density at radius 2 is 2.11 bits per heavy atom. The average Bonchev–Trinajstić information content (AvgIpc) is 2.35. The number of nitrogens with one attached hydrogen (secondary N) is 2. The molecule has 0 saturated carbocycles. The van der Waals surface area contributed by atoms with Gasteiger partial charge in [-0.05, 0) is 32.9 Å². The molecule has 0 amide bonds. The molecule has 1 saturated heterocycles. The molecule has 0 aromatic heterocycles. The van der Waals surface area contributed by atoms with Crippen LogP contribution < -0.4 is 10.0 Å². The summed E-state index contributed by atoms with van der Waals surface area (Å²) in [5, 5.41) is 10.4. The van der Waals surface area contributed by atoms with Crippen molar-refractivity contribution in [1.82, 2.24) is 10.0 Å². The molecule has 8 heteroatoms. The zero-order valence-electron chi connectivity index (χ0n) is 10.4. The molecule has 0 bridgehead atoms. The fourth-order valence-electron chi connectivity index (χ4n) is 1.63. The number of aliphatic carboxylic acids is 1. The SMILES string of the molecule is CC(C(=O)O)S(=O)(=O)NCCOC1CCNCC1. The van der Waals surface area contributed by atoms with Crippen molar-refractivity contribution in [2.45, 2.75) is 31.1 Å². The topological polar surface area (TPSA) is 105 Å². The Labute approximate surface area is 107 Å². The maximum atomic E-state index is 11.5. The van der Waals surface area contributed by atoms with Gasteiger partial charge in [0.2, 0.25) is 10.0 Å². The number of carboxylic acid groups (broad SMARTS) is 1. The number of hydrogen-bond acceptors (Lipinski definition) is 5. The van der Waals surface area contributed by atoms with Crippen LogP contribution in [0.3, 0.4) is 0 Å². The van der Waals surface area contributed by atoms with Gasteiger partial charge in [0.1, 0.15) is 0 Å². The lowest BCUT2D eigenvalue weighted by molar-refractivity contribution is -0.136. The van der Waals surface area contributed by atoms with Gasteiger partial charge in [-0.1, -0.05) is 0 Å². The van der Waals surface area contributed by atoms with E-state index in [9.17, 15) is 13.2 Å². The molecular weight excluding hydrogens is 260 g/mol. The Morgan fingerprint density at radius 1 is 1.50 bits per heavy atom. The largest absolute Gasteiger partial charge is 0.480 e. The second-order valence-corrected chi connectivity index (χ2v) is 6.33. The number of rotatable bonds is 7. The first-order valence-corrected chi connectivity index (χ1v) is 7.51. The third-order valence-corrected chi connectivity index (χ3v) is 4.60. The number of sulfonamides is 1. The van der Waals surface area contributed by atoms with E-state index < -0.39 is 21.2 Å². The van der Waals surface area contributed by atoms with Crippen molar-refractivity contribution in [3.63, 3.8) is 0 Å². The van der Waals surface area contributed by atoms with Crippen LogP contribution >= 0.6 is 0 Å². The van der Waals surface area contributed by atoms with E-state index in [2.05, 4.69) is 10.0 Å². The van der Waals surface area contributed by atoms with E-state index >= 15 is 0 Å². The highest BCUT2D eigenvalue weighted by atomic mass is 32.2. The maximum absolute atomic E-state index is 11.5. The molecule has 1 atom stereocenters. The van der Waals surface area contributed by atoms with Crippen molar-refractivity contribution in [3.05, 3.63) is 0 Å². The van der Waals surface area contributed by atoms with E-state index in [4.69, 9.17) is 9.84 Å². The molecule has 1 heterocycles. The van der Waals surface area contributed by atoms with Crippen LogP contribution in [0.4, 0.5) is 0 Å². The zero-order chi connectivity index (χ0) is 13.6. The number of ether oxygens (including phenoxy) is 1. The first-order valence-electron chi connectivity index (χ1n) is 5.97. The number of hydrogen-bond donors (Lipinski definition) is 3. The molecule has 0 aromatic carbocycles. The van der Waals surface area contributed by atoms with E-state index in [1.807, 2.05) is 0 Å². The molecule has 0 spiro atoms. The summed E-state index contributed by atoms with van der Waals surface area (Å²) in [5.41, 5.74) is 0. The van der Waals surface area contributed by atoms with Gasteiger partial charge in [-0.15, -0.1) is 0 Å². The molecule has 0 radical (unpaired) electrons. The Morgan fingerprint density at radius 3 is 2.67 bits per heavy atom. The highest BCUT2D eigenvalue weighted by Gasteiger charge is 2.26. The Balaban J connectivity index is 2.22. The molecule has 0 aliphatic carbocycles. The van der Waals surface area contributed by atoms with Gasteiger partial charge in [-0.3, -0.25) is 4.79 Å². The van der Waals surface area contributed by atoms with Crippen LogP contribution in [0.1, 0.15) is 19.8 Å². The first kappa shape index (κ1) is 15.4. The Hall–Kier alpha value is -0.700. The summed E-state index contributed by atoms with van der Waals surface area (Å²) in [6, 6.07) is 0. The van der Waals surface area contributed by atoms with Crippen molar-refractivity contribution >= 4 is 16.0 Å². The number of carbonyl (C=O) groups is 1. The third kappa shape index (κ3) is 4.89. The molecule has 1 unspecified atom stereocenters. The minimum absolute atomic E-state index is 0.101. The monoisotopic (exact) mass is 280 g/mol. The molecule has 106 valence electrons. The van der Waals surface area contributed by atoms with Gasteiger partial charge in [-0.2, -0.15) is 0 Å². The first-order chi connectivity index (χ1) is 8.43. The second-order valence-electron chi connectivity index (χ2n) is 4.24. The van der Waals surface area contributed by atoms with Gasteiger partial charge in [0.05, 0.1) is 12.7 Å². The predicted molar refractivity (Wildman–Crippen MR) is 65.9 cm³/mol. The van der Waals surface area contributed by atoms with Gasteiger partial charge in [0.15, 0.2) is 5.25 Å². The molecule has 1 aliphatic rings. The minimum Gasteiger partial charge on any atom is -0.480 e. The van der Waals surface area contributed by atoms with Crippen LogP contribution in [0.25, 0.3) is 0 Å². The van der Waals surface area contributed by atoms with Crippen molar-refractivity contribution in [2.75, 3.05) is 26.2 Å². The summed E-state index contributed by atoms with van der Waals surface area (Å²) >= 11 is 0. The molecule has 1 fully saturated rings. The third-order valence-electron chi connectivity index (χ3n) is 2.86. The summed E-state index contributed by atoms with van der Waals surface area (Å²) in [6.45, 7) is 3.32. The minimum atomic E-state index is -3.80. The van der Waals surface area contributed by atoms with E-state index in [-0.39, 0.29) is 19.3 Å². The molecule has 0 aromatic rings. The fraction of sp³-hybridized carbons (Fsp3) is 0.900. The van der Waals surface area contributed by atoms with Crippen LogP contribution in [0, 0.1) is 0 Å². The summed E-state index contributed by atoms with van der Waals surface area (Å²) < 4.78 is 30.7. The van der Waals surface area contributed by atoms with E-state index in [1.54, 1.807) is 0 Å². The Kier molecular flexibility index (Phi) is 6.00. The van der Waals surface area contributed by atoms with Gasteiger partial charge in [0.25, 0.3) is 0 Å². The van der Waals surface area contributed by atoms with Gasteiger partial charge >= 0.3 is 5.97 Å². The molecule has 7 nitrogen and oxygen atoms in total. The van der Waals surface area contributed by atoms with Crippen molar-refractivity contribution in [1.29, 1.82) is 0 Å². The lowest BCUT2D eigenvalue weighted by Crippen LogP contribution is -2.40. The van der Waals surface area contributed by atoms with Crippen LogP contribution in [-0.2, 0) is 19.6 Å². The van der Waals surface area contributed by atoms with Crippen molar-refractivity contribution in [2.24, 2.45) is 0 Å². The normalized spacial score (nSPS) is 19.6. The summed E-state index contributed by atoms with van der Waals surface area (Å²) in [7, 11) is -3.80. The van der Waals surface area contributed by atoms with Crippen molar-refractivity contribution in [3.8, 4) is 0 Å². The van der Waals surface area contributed by atoms with E-state index in [0.29, 0.717) is 0 Å². The number of piperidine rings is 1. The van der Waals surface area contributed by atoms with Crippen LogP contribution in [0.2, 0.25) is 0 Å². The van der Waals surface area contributed by atoms with Crippen LogP contribution in [-0.4, -0.2) is 57.1 Å². The highest BCUT2D eigenvalue weighted by molar-refractivity contribution is 7.90. The molecule has 1 rings (SSSR count). The quantitative estimate of drug-likeness (QED) is 0.525. The average molecular weight is 280 g/mol. The lowest BCUT2D eigenvalue weighted by Gasteiger charge is -2.23. The fourth-order valence-corrected chi connectivity index (χ4v) is 2.51. The maximum Gasteiger partial charge on any atom is 0.323 e. The number of carboxylic acids is 1. The molecule has 3 N–H and O–H groups in total. The molecule has 1 aliphatic heterocycles. The molecule has 18 heavy (non-hydrogen) atoms. The second kappa shape index (κ2) is 7.03. The van der Waals surface area contributed by atoms with Gasteiger partial charge < -0.3 is 15.2 Å². The Bertz CT molecular complexity index is 364. The van der Waals surface area contributed by atoms with Crippen LogP contribution in [0.5, 0.6) is 0 Å². The summed E-state index contributed by atoms with van der Waals surface area (Å²) in [6.07, 6.45) is 1.99. The molecular formula is C10H20N2O5S. The predicted octanol–water partition coefficient (Wildman–Crippen LogP) is -0.852. The van der Waals surface area contributed by atoms with Gasteiger partial charge in [0, 0.05) is 6.54 Å². The van der Waals surface area contributed by atoms with Gasteiger partial charge in [-0.25, -0.2) is 13.1 Å². The standard InChI is InChI=1S/C10H20N2O5S/c1-8(10(13)14)18(15,16)12-6-7-17-9-2-4-11-5-3-9/h8-9,11-12H,2-7H2,1H3,(H,13,14). The summed E-state index contributed by atoms with van der Waals surface area (Å²) in [4.78, 5) is 10.6. The highest BCUT2D eigenvalue weighted by Crippen LogP contribution is 2.06. The van der Waals surface area contributed by atoms with E-state index in [1.165, 1.54) is 0 Å². The zero-order valence-corrected chi connectivity index (χ0v) is 11.2. The smallest absolute Gasteiger partial charge is 0.323 e. The van der Waals surface area contributed by atoms with E-state index in [0.717, 1.165) is 32.9 Å². The summed E-state index contributed by atoms with van der Waals surface area (Å²) in [5.74, 6) is -1.36. The van der Waals surface area contributed by atoms with Crippen LogP contribution in [0.15, 0.2) is 0 Å². The van der Waals surface area contributed by atoms with Crippen molar-refractivity contribution < 1.29 is 23.1 Å². The lowest BCUT2D eigenvalue weighted by atomic mass is 10.1.